The molecular weight excluding hydrogens is 424 g/mol. The van der Waals surface area contributed by atoms with Crippen LogP contribution >= 0.6 is 0 Å². The molecule has 0 unspecified atom stereocenters. The number of aliphatic hydroxyl groups excluding tert-OH is 2. The summed E-state index contributed by atoms with van der Waals surface area (Å²) in [5.41, 5.74) is 0.574. The summed E-state index contributed by atoms with van der Waals surface area (Å²) in [7, 11) is 0. The van der Waals surface area contributed by atoms with Crippen molar-refractivity contribution in [2.75, 3.05) is 0 Å². The van der Waals surface area contributed by atoms with E-state index in [-0.39, 0.29) is 27.6 Å². The summed E-state index contributed by atoms with van der Waals surface area (Å²) in [4.78, 5) is 12.8. The van der Waals surface area contributed by atoms with Crippen molar-refractivity contribution in [3.05, 3.63) is 11.6 Å². The van der Waals surface area contributed by atoms with Crippen molar-refractivity contribution in [2.45, 2.75) is 112 Å². The van der Waals surface area contributed by atoms with Crippen LogP contribution in [0, 0.1) is 56.7 Å². The van der Waals surface area contributed by atoms with E-state index in [4.69, 9.17) is 0 Å². The molecule has 4 heteroatoms. The molecule has 11 atom stereocenters. The fourth-order valence-electron chi connectivity index (χ4n) is 11.0. The second-order valence-electron chi connectivity index (χ2n) is 14.6. The molecule has 5 aliphatic rings. The topological polar surface area (TPSA) is 77.8 Å². The first kappa shape index (κ1) is 24.8. The van der Waals surface area contributed by atoms with Crippen LogP contribution in [0.1, 0.15) is 99.8 Å². The van der Waals surface area contributed by atoms with Crippen molar-refractivity contribution in [1.82, 2.24) is 0 Å². The van der Waals surface area contributed by atoms with Gasteiger partial charge in [0.15, 0.2) is 0 Å². The van der Waals surface area contributed by atoms with Gasteiger partial charge in [-0.3, -0.25) is 4.79 Å². The van der Waals surface area contributed by atoms with Crippen LogP contribution < -0.4 is 0 Å². The van der Waals surface area contributed by atoms with Crippen LogP contribution in [0.5, 0.6) is 0 Å². The van der Waals surface area contributed by atoms with E-state index >= 15 is 0 Å². The summed E-state index contributed by atoms with van der Waals surface area (Å²) in [6, 6.07) is 0. The number of rotatable bonds is 1. The van der Waals surface area contributed by atoms with E-state index in [0.29, 0.717) is 30.1 Å². The number of hydrogen-bond acceptors (Lipinski definition) is 3. The molecule has 3 N–H and O–H groups in total. The van der Waals surface area contributed by atoms with Gasteiger partial charge in [0.1, 0.15) is 0 Å². The Morgan fingerprint density at radius 3 is 2.26 bits per heavy atom. The normalized spacial score (nSPS) is 56.3. The Kier molecular flexibility index (Phi) is 5.36. The Morgan fingerprint density at radius 2 is 1.62 bits per heavy atom. The predicted octanol–water partition coefficient (Wildman–Crippen LogP) is 6.06. The van der Waals surface area contributed by atoms with E-state index < -0.39 is 23.6 Å². The van der Waals surface area contributed by atoms with E-state index in [1.165, 1.54) is 5.57 Å². The fourth-order valence-corrected chi connectivity index (χ4v) is 11.0. The first-order valence-corrected chi connectivity index (χ1v) is 14.0. The molecule has 4 nitrogen and oxygen atoms in total. The van der Waals surface area contributed by atoms with Gasteiger partial charge in [0.2, 0.25) is 0 Å². The summed E-state index contributed by atoms with van der Waals surface area (Å²) in [6.07, 6.45) is 8.53. The van der Waals surface area contributed by atoms with Crippen LogP contribution in [-0.4, -0.2) is 33.5 Å². The molecular formula is C30H48O4. The summed E-state index contributed by atoms with van der Waals surface area (Å²) >= 11 is 0. The van der Waals surface area contributed by atoms with Gasteiger partial charge in [-0.05, 0) is 103 Å². The van der Waals surface area contributed by atoms with Gasteiger partial charge in [0.05, 0.1) is 17.6 Å². The Morgan fingerprint density at radius 1 is 0.941 bits per heavy atom. The van der Waals surface area contributed by atoms with E-state index in [9.17, 15) is 20.1 Å². The molecule has 34 heavy (non-hydrogen) atoms. The quantitative estimate of drug-likeness (QED) is 0.405. The zero-order valence-electron chi connectivity index (χ0n) is 22.5. The van der Waals surface area contributed by atoms with Crippen molar-refractivity contribution < 1.29 is 20.1 Å². The van der Waals surface area contributed by atoms with E-state index in [1.807, 2.05) is 0 Å². The molecule has 192 valence electrons. The van der Waals surface area contributed by atoms with Crippen LogP contribution in [-0.2, 0) is 4.79 Å². The molecule has 0 aromatic rings. The van der Waals surface area contributed by atoms with Crippen molar-refractivity contribution in [1.29, 1.82) is 0 Å². The molecule has 0 aromatic carbocycles. The van der Waals surface area contributed by atoms with Gasteiger partial charge in [0, 0.05) is 0 Å². The number of carboxylic acid groups (broad SMARTS) is 1. The predicted molar refractivity (Wildman–Crippen MR) is 134 cm³/mol. The summed E-state index contributed by atoms with van der Waals surface area (Å²) < 4.78 is 0. The smallest absolute Gasteiger partial charge is 0.310 e. The lowest BCUT2D eigenvalue weighted by Gasteiger charge is -2.71. The van der Waals surface area contributed by atoms with Crippen molar-refractivity contribution in [3.63, 3.8) is 0 Å². The third-order valence-corrected chi connectivity index (χ3v) is 13.4. The molecule has 0 aliphatic heterocycles. The first-order chi connectivity index (χ1) is 15.7. The number of fused-ring (bicyclic) bond motifs is 7. The number of allylic oxidation sites excluding steroid dienone is 2. The highest BCUT2D eigenvalue weighted by Crippen LogP contribution is 2.75. The molecule has 0 saturated heterocycles. The Labute approximate surface area is 206 Å². The molecule has 0 aromatic heterocycles. The van der Waals surface area contributed by atoms with Crippen LogP contribution in [0.25, 0.3) is 0 Å². The molecule has 4 fully saturated rings. The monoisotopic (exact) mass is 472 g/mol. The lowest BCUT2D eigenvalue weighted by molar-refractivity contribution is -0.232. The maximum atomic E-state index is 12.8. The minimum absolute atomic E-state index is 0.00993. The number of carbonyl (C=O) groups is 1. The molecule has 0 bridgehead atoms. The van der Waals surface area contributed by atoms with Crippen LogP contribution in [0.4, 0.5) is 0 Å². The van der Waals surface area contributed by atoms with Gasteiger partial charge < -0.3 is 15.3 Å². The summed E-state index contributed by atoms with van der Waals surface area (Å²) in [5.74, 6) is 1.30. The molecule has 5 rings (SSSR count). The van der Waals surface area contributed by atoms with Crippen LogP contribution in [0.15, 0.2) is 11.6 Å². The largest absolute Gasteiger partial charge is 0.481 e. The second-order valence-corrected chi connectivity index (χ2v) is 14.6. The summed E-state index contributed by atoms with van der Waals surface area (Å²) in [6.45, 7) is 16.3. The molecule has 5 aliphatic carbocycles. The highest BCUT2D eigenvalue weighted by Gasteiger charge is 2.70. The number of hydrogen-bond donors (Lipinski definition) is 3. The molecule has 0 heterocycles. The van der Waals surface area contributed by atoms with Crippen molar-refractivity contribution in [2.24, 2.45) is 56.7 Å². The van der Waals surface area contributed by atoms with Crippen LogP contribution in [0.3, 0.4) is 0 Å². The zero-order chi connectivity index (χ0) is 25.1. The molecule has 4 saturated carbocycles. The maximum Gasteiger partial charge on any atom is 0.310 e. The number of aliphatic hydroxyl groups is 2. The summed E-state index contributed by atoms with van der Waals surface area (Å²) in [5, 5.41) is 32.4. The van der Waals surface area contributed by atoms with E-state index in [1.54, 1.807) is 0 Å². The number of aliphatic carboxylic acids is 1. The highest BCUT2D eigenvalue weighted by molar-refractivity contribution is 5.76. The molecule has 0 amide bonds. The third kappa shape index (κ3) is 2.76. The van der Waals surface area contributed by atoms with Crippen molar-refractivity contribution >= 4 is 5.97 Å². The zero-order valence-corrected chi connectivity index (χ0v) is 22.5. The standard InChI is InChI=1S/C30H48O4/c1-17-10-13-30(25(33)34)15-14-28(6)19(23(30)18(17)2)8-9-22-27(5)16-20(31)24(32)26(3,4)21(27)11-12-29(22,28)7/h8,17-18,20-24,31-32H,9-16H2,1-7H3,(H,33,34)/t17-,18+,20-,21+,22-,23-,24+,27+,28-,29-,30+/m1/s1. The van der Waals surface area contributed by atoms with Crippen molar-refractivity contribution in [3.8, 4) is 0 Å². The SMILES string of the molecule is C[C@H]1[C@H](C)CC[C@]2(C(=O)O)CC[C@]3(C)C(=CC[C@@H]4[C@@]5(C)C[C@@H](O)[C@H](O)C(C)(C)[C@@H]5CC[C@]43C)[C@@H]12. The number of carboxylic acids is 1. The maximum absolute atomic E-state index is 12.8. The lowest BCUT2D eigenvalue weighted by Crippen LogP contribution is -2.67. The van der Waals surface area contributed by atoms with Gasteiger partial charge in [-0.15, -0.1) is 0 Å². The lowest BCUT2D eigenvalue weighted by atomic mass is 9.33. The Hall–Kier alpha value is -0.870. The van der Waals surface area contributed by atoms with Gasteiger partial charge in [-0.25, -0.2) is 0 Å². The fraction of sp³-hybridized carbons (Fsp3) is 0.900. The van der Waals surface area contributed by atoms with E-state index in [0.717, 1.165) is 44.9 Å². The van der Waals surface area contributed by atoms with Gasteiger partial charge in [0.25, 0.3) is 0 Å². The molecule has 0 spiro atoms. The third-order valence-electron chi connectivity index (χ3n) is 13.4. The Bertz CT molecular complexity index is 907. The minimum Gasteiger partial charge on any atom is -0.481 e. The average Bonchev–Trinajstić information content (AvgIpc) is 2.75. The van der Waals surface area contributed by atoms with Gasteiger partial charge in [-0.2, -0.15) is 0 Å². The highest BCUT2D eigenvalue weighted by atomic mass is 16.4. The van der Waals surface area contributed by atoms with Gasteiger partial charge >= 0.3 is 5.97 Å². The average molecular weight is 473 g/mol. The first-order valence-electron chi connectivity index (χ1n) is 14.0. The van der Waals surface area contributed by atoms with E-state index in [2.05, 4.69) is 54.5 Å². The second kappa shape index (κ2) is 7.34. The molecule has 0 radical (unpaired) electrons. The Balaban J connectivity index is 1.62. The van der Waals surface area contributed by atoms with Gasteiger partial charge in [-0.1, -0.05) is 60.1 Å². The minimum atomic E-state index is -0.679. The van der Waals surface area contributed by atoms with Crippen LogP contribution in [0.2, 0.25) is 0 Å².